The second kappa shape index (κ2) is 6.92. The van der Waals surface area contributed by atoms with E-state index in [0.717, 1.165) is 18.0 Å². The van der Waals surface area contributed by atoms with Crippen LogP contribution in [0.1, 0.15) is 37.7 Å². The quantitative estimate of drug-likeness (QED) is 0.517. The van der Waals surface area contributed by atoms with Crippen LogP contribution in [0, 0.1) is 5.92 Å². The number of thiocarbonyl (C=S) groups is 1. The highest BCUT2D eigenvalue weighted by Gasteiger charge is 2.15. The minimum atomic E-state index is 0.183. The van der Waals surface area contributed by atoms with Gasteiger partial charge in [0.05, 0.1) is 6.21 Å². The van der Waals surface area contributed by atoms with Gasteiger partial charge < -0.3 is 10.3 Å². The van der Waals surface area contributed by atoms with Crippen molar-refractivity contribution < 1.29 is 0 Å². The van der Waals surface area contributed by atoms with Gasteiger partial charge in [-0.15, -0.1) is 0 Å². The molecule has 5 heteroatoms. The van der Waals surface area contributed by atoms with E-state index in [1.54, 1.807) is 6.21 Å². The monoisotopic (exact) mass is 314 g/mol. The molecule has 3 rings (SSSR count). The lowest BCUT2D eigenvalue weighted by Crippen LogP contribution is -2.23. The fraction of sp³-hybridized carbons (Fsp3) is 0.412. The molecule has 0 bridgehead atoms. The molecular weight excluding hydrogens is 292 g/mol. The Morgan fingerprint density at radius 1 is 1.32 bits per heavy atom. The van der Waals surface area contributed by atoms with Crippen molar-refractivity contribution in [2.24, 2.45) is 16.8 Å². The average molecular weight is 314 g/mol. The van der Waals surface area contributed by atoms with E-state index in [4.69, 9.17) is 18.0 Å². The molecule has 22 heavy (non-hydrogen) atoms. The normalized spacial score (nSPS) is 16.4. The molecule has 2 aromatic rings. The van der Waals surface area contributed by atoms with Crippen molar-refractivity contribution in [1.29, 1.82) is 0 Å². The highest BCUT2D eigenvalue weighted by Crippen LogP contribution is 2.28. The van der Waals surface area contributed by atoms with Crippen LogP contribution in [-0.4, -0.2) is 15.9 Å². The van der Waals surface area contributed by atoms with E-state index in [1.807, 2.05) is 0 Å². The average Bonchev–Trinajstić information content (AvgIpc) is 2.86. The maximum Gasteiger partial charge on any atom is 0.184 e. The van der Waals surface area contributed by atoms with Gasteiger partial charge in [-0.2, -0.15) is 5.10 Å². The number of hydrogen-bond donors (Lipinski definition) is 2. The van der Waals surface area contributed by atoms with Gasteiger partial charge in [-0.25, -0.2) is 0 Å². The molecule has 0 amide bonds. The Morgan fingerprint density at radius 2 is 2.09 bits per heavy atom. The number of aromatic nitrogens is 1. The lowest BCUT2D eigenvalue weighted by molar-refractivity contribution is 0.322. The fourth-order valence-electron chi connectivity index (χ4n) is 3.34. The van der Waals surface area contributed by atoms with Crippen molar-refractivity contribution in [2.75, 3.05) is 0 Å². The van der Waals surface area contributed by atoms with Crippen molar-refractivity contribution in [3.05, 3.63) is 36.0 Å². The molecule has 0 spiro atoms. The summed E-state index contributed by atoms with van der Waals surface area (Å²) in [6, 6.07) is 8.46. The number of para-hydroxylation sites is 1. The Morgan fingerprint density at radius 3 is 2.86 bits per heavy atom. The minimum Gasteiger partial charge on any atom is -0.375 e. The first-order chi connectivity index (χ1) is 10.7. The Kier molecular flexibility index (Phi) is 4.73. The molecule has 0 aliphatic heterocycles. The van der Waals surface area contributed by atoms with Crippen molar-refractivity contribution in [3.63, 3.8) is 0 Å². The summed E-state index contributed by atoms with van der Waals surface area (Å²) in [5, 5.41) is 5.49. The smallest absolute Gasteiger partial charge is 0.184 e. The molecule has 3 N–H and O–H groups in total. The predicted octanol–water partition coefficient (Wildman–Crippen LogP) is 3.39. The van der Waals surface area contributed by atoms with Gasteiger partial charge >= 0.3 is 0 Å². The summed E-state index contributed by atoms with van der Waals surface area (Å²) < 4.78 is 2.37. The zero-order chi connectivity index (χ0) is 15.4. The summed E-state index contributed by atoms with van der Waals surface area (Å²) in [5.74, 6) is 0.795. The van der Waals surface area contributed by atoms with Crippen LogP contribution in [0.4, 0.5) is 0 Å². The highest BCUT2D eigenvalue weighted by molar-refractivity contribution is 7.80. The predicted molar refractivity (Wildman–Crippen MR) is 96.0 cm³/mol. The second-order valence-corrected chi connectivity index (χ2v) is 6.43. The zero-order valence-corrected chi connectivity index (χ0v) is 13.5. The Labute approximate surface area is 136 Å². The summed E-state index contributed by atoms with van der Waals surface area (Å²) in [6.45, 7) is 1.09. The molecular formula is C17H22N4S. The zero-order valence-electron chi connectivity index (χ0n) is 12.7. The van der Waals surface area contributed by atoms with Gasteiger partial charge in [-0.3, -0.25) is 5.43 Å². The van der Waals surface area contributed by atoms with Crippen LogP contribution in [0.3, 0.4) is 0 Å². The first kappa shape index (κ1) is 15.0. The summed E-state index contributed by atoms with van der Waals surface area (Å²) in [4.78, 5) is 0. The van der Waals surface area contributed by atoms with Crippen LogP contribution in [0.15, 0.2) is 35.6 Å². The standard InChI is InChI=1S/C17H22N4S/c18-17(22)20-19-10-14-12-21(11-13-6-2-1-3-7-13)16-9-5-4-8-15(14)16/h4-5,8-10,12-13H,1-3,6-7,11H2,(H3,18,20,22). The third-order valence-corrected chi connectivity index (χ3v) is 4.47. The number of fused-ring (bicyclic) bond motifs is 1. The van der Waals surface area contributed by atoms with Gasteiger partial charge in [0.2, 0.25) is 0 Å². The molecule has 1 saturated carbocycles. The molecule has 1 aromatic heterocycles. The van der Waals surface area contributed by atoms with E-state index in [1.165, 1.54) is 43.0 Å². The number of nitrogens with two attached hydrogens (primary N) is 1. The maximum atomic E-state index is 5.40. The van der Waals surface area contributed by atoms with E-state index in [9.17, 15) is 0 Å². The van der Waals surface area contributed by atoms with E-state index in [0.29, 0.717) is 0 Å². The van der Waals surface area contributed by atoms with E-state index in [2.05, 4.69) is 45.6 Å². The van der Waals surface area contributed by atoms with Gasteiger partial charge in [-0.1, -0.05) is 37.5 Å². The van der Waals surface area contributed by atoms with Crippen LogP contribution in [0.5, 0.6) is 0 Å². The van der Waals surface area contributed by atoms with Crippen LogP contribution in [0.25, 0.3) is 10.9 Å². The molecule has 0 unspecified atom stereocenters. The minimum absolute atomic E-state index is 0.183. The largest absolute Gasteiger partial charge is 0.375 e. The summed E-state index contributed by atoms with van der Waals surface area (Å²) in [6.07, 6.45) is 10.8. The molecule has 116 valence electrons. The van der Waals surface area contributed by atoms with Crippen LogP contribution >= 0.6 is 12.2 Å². The van der Waals surface area contributed by atoms with Gasteiger partial charge in [0, 0.05) is 29.2 Å². The maximum absolute atomic E-state index is 5.40. The van der Waals surface area contributed by atoms with Crippen LogP contribution in [-0.2, 0) is 6.54 Å². The SMILES string of the molecule is NC(=S)NN=Cc1cn(CC2CCCCC2)c2ccccc12. The van der Waals surface area contributed by atoms with Gasteiger partial charge in [-0.05, 0) is 37.0 Å². The highest BCUT2D eigenvalue weighted by atomic mass is 32.1. The van der Waals surface area contributed by atoms with Crippen molar-refractivity contribution in [1.82, 2.24) is 9.99 Å². The molecule has 4 nitrogen and oxygen atoms in total. The first-order valence-electron chi connectivity index (χ1n) is 7.90. The molecule has 1 aromatic carbocycles. The number of hydrazone groups is 1. The molecule has 0 radical (unpaired) electrons. The lowest BCUT2D eigenvalue weighted by Gasteiger charge is -2.22. The molecule has 1 aliphatic carbocycles. The van der Waals surface area contributed by atoms with Crippen LogP contribution < -0.4 is 11.2 Å². The first-order valence-corrected chi connectivity index (χ1v) is 8.31. The van der Waals surface area contributed by atoms with Gasteiger partial charge in [0.25, 0.3) is 0 Å². The molecule has 0 saturated heterocycles. The van der Waals surface area contributed by atoms with Crippen molar-refractivity contribution in [3.8, 4) is 0 Å². The summed E-state index contributed by atoms with van der Waals surface area (Å²) >= 11 is 4.77. The summed E-state index contributed by atoms with van der Waals surface area (Å²) in [7, 11) is 0. The number of nitrogens with zero attached hydrogens (tertiary/aromatic N) is 2. The van der Waals surface area contributed by atoms with E-state index < -0.39 is 0 Å². The number of hydrogen-bond acceptors (Lipinski definition) is 2. The molecule has 0 atom stereocenters. The van der Waals surface area contributed by atoms with Gasteiger partial charge in [0.15, 0.2) is 5.11 Å². The molecule has 1 aliphatic rings. The summed E-state index contributed by atoms with van der Waals surface area (Å²) in [5.41, 5.74) is 10.4. The van der Waals surface area contributed by atoms with Gasteiger partial charge in [0.1, 0.15) is 0 Å². The Balaban J connectivity index is 1.86. The third kappa shape index (κ3) is 3.47. The van der Waals surface area contributed by atoms with E-state index in [-0.39, 0.29) is 5.11 Å². The molecule has 1 fully saturated rings. The number of rotatable bonds is 4. The molecule has 1 heterocycles. The lowest BCUT2D eigenvalue weighted by atomic mass is 9.89. The Hall–Kier alpha value is -1.88. The number of nitrogens with one attached hydrogen (secondary N) is 1. The van der Waals surface area contributed by atoms with Crippen LogP contribution in [0.2, 0.25) is 0 Å². The Bertz CT molecular complexity index is 683. The van der Waals surface area contributed by atoms with E-state index >= 15 is 0 Å². The third-order valence-electron chi connectivity index (χ3n) is 4.38. The fourth-order valence-corrected chi connectivity index (χ4v) is 3.40. The van der Waals surface area contributed by atoms with Crippen molar-refractivity contribution in [2.45, 2.75) is 38.6 Å². The number of benzene rings is 1. The topological polar surface area (TPSA) is 55.3 Å². The van der Waals surface area contributed by atoms with Crippen molar-refractivity contribution >= 4 is 34.4 Å². The second-order valence-electron chi connectivity index (χ2n) is 5.99.